The van der Waals surface area contributed by atoms with Crippen LogP contribution in [0.2, 0.25) is 0 Å². The highest BCUT2D eigenvalue weighted by atomic mass is 16.5. The minimum atomic E-state index is 0.0793. The lowest BCUT2D eigenvalue weighted by Crippen LogP contribution is -2.37. The molecule has 1 heterocycles. The number of rotatable bonds is 2. The minimum Gasteiger partial charge on any atom is -0.379 e. The second kappa shape index (κ2) is 3.72. The molecule has 0 radical (unpaired) electrons. The van der Waals surface area contributed by atoms with Gasteiger partial charge in [0.15, 0.2) is 0 Å². The molecule has 1 aliphatic rings. The van der Waals surface area contributed by atoms with Crippen LogP contribution in [0.4, 0.5) is 0 Å². The first kappa shape index (κ1) is 8.53. The Morgan fingerprint density at radius 2 is 2.36 bits per heavy atom. The van der Waals surface area contributed by atoms with Crippen LogP contribution < -0.4 is 5.32 Å². The lowest BCUT2D eigenvalue weighted by molar-refractivity contribution is -0.124. The molecule has 1 fully saturated rings. The van der Waals surface area contributed by atoms with Crippen LogP contribution in [-0.4, -0.2) is 25.2 Å². The number of carbonyl (C=O) groups is 1. The van der Waals surface area contributed by atoms with Crippen molar-refractivity contribution >= 4 is 5.91 Å². The third-order valence-corrected chi connectivity index (χ3v) is 1.80. The minimum absolute atomic E-state index is 0.0793. The molecular formula is C8H15NO2. The van der Waals surface area contributed by atoms with Gasteiger partial charge in [-0.1, -0.05) is 13.8 Å². The molecule has 1 aliphatic heterocycles. The van der Waals surface area contributed by atoms with E-state index in [0.717, 1.165) is 13.0 Å². The van der Waals surface area contributed by atoms with Gasteiger partial charge in [-0.15, -0.1) is 0 Å². The number of hydrogen-bond donors (Lipinski definition) is 1. The zero-order valence-corrected chi connectivity index (χ0v) is 7.09. The van der Waals surface area contributed by atoms with Crippen molar-refractivity contribution in [3.05, 3.63) is 0 Å². The number of nitrogens with one attached hydrogen (secondary N) is 1. The highest BCUT2D eigenvalue weighted by Crippen LogP contribution is 2.04. The van der Waals surface area contributed by atoms with Crippen LogP contribution in [0.1, 0.15) is 20.3 Å². The summed E-state index contributed by atoms with van der Waals surface area (Å²) < 4.78 is 5.12. The van der Waals surface area contributed by atoms with E-state index in [4.69, 9.17) is 4.74 Å². The van der Waals surface area contributed by atoms with Crippen LogP contribution in [0, 0.1) is 5.92 Å². The highest BCUT2D eigenvalue weighted by molar-refractivity contribution is 5.78. The fourth-order valence-electron chi connectivity index (χ4n) is 1.02. The zero-order chi connectivity index (χ0) is 8.27. The SMILES string of the molecule is CC(C)C(=O)N[C@@H]1CCOC1. The molecule has 0 saturated carbocycles. The topological polar surface area (TPSA) is 38.3 Å². The third kappa shape index (κ3) is 2.50. The predicted octanol–water partition coefficient (Wildman–Crippen LogP) is 0.547. The molecule has 0 spiro atoms. The standard InChI is InChI=1S/C8H15NO2/c1-6(2)8(10)9-7-3-4-11-5-7/h6-7H,3-5H2,1-2H3,(H,9,10)/t7-/m1/s1. The summed E-state index contributed by atoms with van der Waals surface area (Å²) in [6, 6.07) is 0.255. The van der Waals surface area contributed by atoms with E-state index in [2.05, 4.69) is 5.32 Å². The molecule has 0 unspecified atom stereocenters. The van der Waals surface area contributed by atoms with Crippen LogP contribution in [0.5, 0.6) is 0 Å². The maximum Gasteiger partial charge on any atom is 0.222 e. The molecule has 0 aromatic rings. The Morgan fingerprint density at radius 3 is 2.82 bits per heavy atom. The Kier molecular flexibility index (Phi) is 2.88. The monoisotopic (exact) mass is 157 g/mol. The maximum absolute atomic E-state index is 11.1. The molecule has 1 atom stereocenters. The molecule has 11 heavy (non-hydrogen) atoms. The van der Waals surface area contributed by atoms with Crippen LogP contribution in [0.3, 0.4) is 0 Å². The lowest BCUT2D eigenvalue weighted by Gasteiger charge is -2.11. The van der Waals surface area contributed by atoms with Crippen molar-refractivity contribution in [3.63, 3.8) is 0 Å². The van der Waals surface area contributed by atoms with Crippen molar-refractivity contribution in [3.8, 4) is 0 Å². The van der Waals surface area contributed by atoms with Crippen molar-refractivity contribution in [2.45, 2.75) is 26.3 Å². The van der Waals surface area contributed by atoms with Crippen molar-refractivity contribution in [1.29, 1.82) is 0 Å². The van der Waals surface area contributed by atoms with E-state index in [-0.39, 0.29) is 17.9 Å². The van der Waals surface area contributed by atoms with Gasteiger partial charge in [0.1, 0.15) is 0 Å². The zero-order valence-electron chi connectivity index (χ0n) is 7.09. The van der Waals surface area contributed by atoms with Crippen molar-refractivity contribution in [2.24, 2.45) is 5.92 Å². The second-order valence-corrected chi connectivity index (χ2v) is 3.22. The van der Waals surface area contributed by atoms with Gasteiger partial charge in [-0.3, -0.25) is 4.79 Å². The van der Waals surface area contributed by atoms with Gasteiger partial charge in [-0.05, 0) is 6.42 Å². The smallest absolute Gasteiger partial charge is 0.222 e. The Balaban J connectivity index is 2.24. The van der Waals surface area contributed by atoms with Crippen LogP contribution in [0.15, 0.2) is 0 Å². The molecule has 0 aliphatic carbocycles. The molecule has 3 heteroatoms. The quantitative estimate of drug-likeness (QED) is 0.635. The summed E-state index contributed by atoms with van der Waals surface area (Å²) >= 11 is 0. The first-order valence-electron chi connectivity index (χ1n) is 4.08. The van der Waals surface area contributed by atoms with Gasteiger partial charge in [-0.2, -0.15) is 0 Å². The third-order valence-electron chi connectivity index (χ3n) is 1.80. The van der Waals surface area contributed by atoms with E-state index in [1.165, 1.54) is 0 Å². The van der Waals surface area contributed by atoms with Crippen molar-refractivity contribution < 1.29 is 9.53 Å². The maximum atomic E-state index is 11.1. The van der Waals surface area contributed by atoms with Gasteiger partial charge in [-0.25, -0.2) is 0 Å². The fourth-order valence-corrected chi connectivity index (χ4v) is 1.02. The van der Waals surface area contributed by atoms with Crippen LogP contribution >= 0.6 is 0 Å². The summed E-state index contributed by atoms with van der Waals surface area (Å²) in [4.78, 5) is 11.1. The number of ether oxygens (including phenoxy) is 1. The largest absolute Gasteiger partial charge is 0.379 e. The summed E-state index contributed by atoms with van der Waals surface area (Å²) in [7, 11) is 0. The predicted molar refractivity (Wildman–Crippen MR) is 42.2 cm³/mol. The van der Waals surface area contributed by atoms with Gasteiger partial charge < -0.3 is 10.1 Å². The summed E-state index contributed by atoms with van der Waals surface area (Å²) in [5, 5.41) is 2.91. The number of hydrogen-bond acceptors (Lipinski definition) is 2. The van der Waals surface area contributed by atoms with E-state index < -0.39 is 0 Å². The van der Waals surface area contributed by atoms with Crippen LogP contribution in [-0.2, 0) is 9.53 Å². The second-order valence-electron chi connectivity index (χ2n) is 3.22. The van der Waals surface area contributed by atoms with Gasteiger partial charge in [0, 0.05) is 12.5 Å². The molecule has 0 aromatic heterocycles. The molecule has 0 bridgehead atoms. The normalized spacial score (nSPS) is 24.1. The summed E-state index contributed by atoms with van der Waals surface area (Å²) in [5.41, 5.74) is 0. The highest BCUT2D eigenvalue weighted by Gasteiger charge is 2.18. The molecule has 0 aromatic carbocycles. The average molecular weight is 157 g/mol. The van der Waals surface area contributed by atoms with Gasteiger partial charge in [0.25, 0.3) is 0 Å². The number of carbonyl (C=O) groups excluding carboxylic acids is 1. The van der Waals surface area contributed by atoms with E-state index in [0.29, 0.717) is 6.61 Å². The first-order chi connectivity index (χ1) is 5.20. The average Bonchev–Trinajstić information content (AvgIpc) is 2.39. The molecule has 1 amide bonds. The molecular weight excluding hydrogens is 142 g/mol. The molecule has 1 N–H and O–H groups in total. The number of amides is 1. The van der Waals surface area contributed by atoms with Gasteiger partial charge in [0.2, 0.25) is 5.91 Å². The van der Waals surface area contributed by atoms with E-state index in [1.807, 2.05) is 13.8 Å². The fraction of sp³-hybridized carbons (Fsp3) is 0.875. The van der Waals surface area contributed by atoms with Crippen LogP contribution in [0.25, 0.3) is 0 Å². The Labute approximate surface area is 67.1 Å². The molecule has 64 valence electrons. The summed E-state index contributed by atoms with van der Waals surface area (Å²) in [6.45, 7) is 5.25. The van der Waals surface area contributed by atoms with Crippen molar-refractivity contribution in [2.75, 3.05) is 13.2 Å². The first-order valence-corrected chi connectivity index (χ1v) is 4.08. The Bertz CT molecular complexity index is 139. The molecule has 3 nitrogen and oxygen atoms in total. The van der Waals surface area contributed by atoms with E-state index in [9.17, 15) is 4.79 Å². The van der Waals surface area contributed by atoms with Gasteiger partial charge >= 0.3 is 0 Å². The van der Waals surface area contributed by atoms with E-state index >= 15 is 0 Å². The summed E-state index contributed by atoms with van der Waals surface area (Å²) in [5.74, 6) is 0.205. The van der Waals surface area contributed by atoms with Gasteiger partial charge in [0.05, 0.1) is 12.6 Å². The molecule has 1 saturated heterocycles. The van der Waals surface area contributed by atoms with Crippen molar-refractivity contribution in [1.82, 2.24) is 5.32 Å². The Morgan fingerprint density at radius 1 is 1.64 bits per heavy atom. The van der Waals surface area contributed by atoms with E-state index in [1.54, 1.807) is 0 Å². The summed E-state index contributed by atoms with van der Waals surface area (Å²) in [6.07, 6.45) is 0.957. The molecule has 1 rings (SSSR count). The Hall–Kier alpha value is -0.570. The lowest BCUT2D eigenvalue weighted by atomic mass is 10.2.